The van der Waals surface area contributed by atoms with Crippen LogP contribution >= 0.6 is 0 Å². The van der Waals surface area contributed by atoms with Gasteiger partial charge in [0.15, 0.2) is 5.96 Å². The van der Waals surface area contributed by atoms with Crippen LogP contribution < -0.4 is 15.4 Å². The van der Waals surface area contributed by atoms with Gasteiger partial charge in [0.2, 0.25) is 10.0 Å². The minimum Gasteiger partial charge on any atom is -0.355 e. The van der Waals surface area contributed by atoms with E-state index in [4.69, 9.17) is 0 Å². The average molecular weight is 369 g/mol. The molecule has 0 amide bonds. The van der Waals surface area contributed by atoms with Crippen molar-refractivity contribution in [1.82, 2.24) is 15.4 Å². The summed E-state index contributed by atoms with van der Waals surface area (Å²) in [6.07, 6.45) is 2.17. The highest BCUT2D eigenvalue weighted by molar-refractivity contribution is 7.89. The van der Waals surface area contributed by atoms with Gasteiger partial charge in [-0.15, -0.1) is 0 Å². The predicted octanol–water partition coefficient (Wildman–Crippen LogP) is 2.34. The molecule has 0 bridgehead atoms. The monoisotopic (exact) mass is 368 g/mol. The quantitative estimate of drug-likeness (QED) is 0.374. The summed E-state index contributed by atoms with van der Waals surface area (Å²) in [5.74, 6) is 0.681. The van der Waals surface area contributed by atoms with Crippen LogP contribution in [-0.2, 0) is 10.0 Å². The number of hydrogen-bond acceptors (Lipinski definition) is 3. The first-order valence-corrected chi connectivity index (χ1v) is 10.1. The Morgan fingerprint density at radius 2 is 1.80 bits per heavy atom. The summed E-state index contributed by atoms with van der Waals surface area (Å²) < 4.78 is 26.8. The third kappa shape index (κ3) is 8.88. The van der Waals surface area contributed by atoms with Crippen LogP contribution in [0.25, 0.3) is 0 Å². The van der Waals surface area contributed by atoms with Crippen molar-refractivity contribution in [3.8, 4) is 0 Å². The molecule has 0 radical (unpaired) electrons. The van der Waals surface area contributed by atoms with Gasteiger partial charge >= 0.3 is 0 Å². The van der Waals surface area contributed by atoms with E-state index in [1.807, 2.05) is 0 Å². The number of benzene rings is 1. The van der Waals surface area contributed by atoms with Gasteiger partial charge in [0.25, 0.3) is 0 Å². The largest absolute Gasteiger partial charge is 0.355 e. The summed E-state index contributed by atoms with van der Waals surface area (Å²) >= 11 is 0. The molecule has 0 aliphatic heterocycles. The van der Waals surface area contributed by atoms with Crippen molar-refractivity contribution in [2.24, 2.45) is 10.4 Å². The second kappa shape index (κ2) is 9.77. The van der Waals surface area contributed by atoms with Gasteiger partial charge in [-0.2, -0.15) is 0 Å². The molecule has 1 atom stereocenters. The Morgan fingerprint density at radius 3 is 2.36 bits per heavy atom. The molecular weight excluding hydrogens is 336 g/mol. The van der Waals surface area contributed by atoms with Gasteiger partial charge in [-0.25, -0.2) is 13.1 Å². The van der Waals surface area contributed by atoms with E-state index in [1.165, 1.54) is 0 Å². The van der Waals surface area contributed by atoms with Gasteiger partial charge in [-0.1, -0.05) is 39.0 Å². The third-order valence-electron chi connectivity index (χ3n) is 3.70. The Bertz CT molecular complexity index is 637. The lowest BCUT2D eigenvalue weighted by Gasteiger charge is -2.23. The topological polar surface area (TPSA) is 82.6 Å². The number of rotatable bonds is 8. The highest BCUT2D eigenvalue weighted by Crippen LogP contribution is 2.21. The van der Waals surface area contributed by atoms with E-state index in [-0.39, 0.29) is 11.4 Å². The molecule has 1 aromatic rings. The first-order chi connectivity index (χ1) is 11.6. The van der Waals surface area contributed by atoms with Crippen molar-refractivity contribution in [2.75, 3.05) is 20.1 Å². The van der Waals surface area contributed by atoms with E-state index in [0.29, 0.717) is 24.0 Å². The molecule has 0 saturated heterocycles. The summed E-state index contributed by atoms with van der Waals surface area (Å²) in [6.45, 7) is 9.55. The molecule has 1 unspecified atom stereocenters. The molecule has 3 N–H and O–H groups in total. The zero-order valence-corrected chi connectivity index (χ0v) is 16.8. The minimum absolute atomic E-state index is 0.272. The molecular formula is C18H32N4O2S. The molecule has 0 aliphatic carbocycles. The van der Waals surface area contributed by atoms with E-state index >= 15 is 0 Å². The molecule has 25 heavy (non-hydrogen) atoms. The van der Waals surface area contributed by atoms with E-state index in [9.17, 15) is 8.42 Å². The van der Waals surface area contributed by atoms with Gasteiger partial charge in [-0.3, -0.25) is 4.99 Å². The lowest BCUT2D eigenvalue weighted by Crippen LogP contribution is -2.45. The maximum Gasteiger partial charge on any atom is 0.240 e. The Balaban J connectivity index is 2.36. The number of guanidine groups is 1. The predicted molar refractivity (Wildman–Crippen MR) is 104 cm³/mol. The molecule has 1 rings (SSSR count). The summed E-state index contributed by atoms with van der Waals surface area (Å²) in [7, 11) is -1.75. The molecule has 0 aliphatic rings. The Labute approximate surface area is 152 Å². The molecule has 0 saturated carbocycles. The fourth-order valence-corrected chi connectivity index (χ4v) is 3.25. The van der Waals surface area contributed by atoms with E-state index in [1.54, 1.807) is 37.4 Å². The third-order valence-corrected chi connectivity index (χ3v) is 5.17. The number of hydrogen-bond donors (Lipinski definition) is 3. The van der Waals surface area contributed by atoms with Crippen molar-refractivity contribution >= 4 is 16.0 Å². The van der Waals surface area contributed by atoms with Crippen LogP contribution in [0.3, 0.4) is 0 Å². The summed E-state index contributed by atoms with van der Waals surface area (Å²) in [5.41, 5.74) is 0.308. The lowest BCUT2D eigenvalue weighted by atomic mass is 9.89. The fraction of sp³-hybridized carbons (Fsp3) is 0.611. The van der Waals surface area contributed by atoms with E-state index in [0.717, 1.165) is 12.8 Å². The van der Waals surface area contributed by atoms with Crippen LogP contribution in [-0.4, -0.2) is 40.6 Å². The first kappa shape index (κ1) is 21.4. The van der Waals surface area contributed by atoms with Crippen LogP contribution in [0.2, 0.25) is 0 Å². The molecule has 0 heterocycles. The Hall–Kier alpha value is -1.60. The maximum absolute atomic E-state index is 12.1. The number of sulfonamides is 1. The zero-order valence-electron chi connectivity index (χ0n) is 16.0. The van der Waals surface area contributed by atoms with Gasteiger partial charge in [0, 0.05) is 26.2 Å². The second-order valence-electron chi connectivity index (χ2n) is 7.35. The number of nitrogens with zero attached hydrogens (tertiary/aromatic N) is 1. The normalized spacial score (nSPS) is 14.2. The number of nitrogens with one attached hydrogen (secondary N) is 3. The summed E-state index contributed by atoms with van der Waals surface area (Å²) in [4.78, 5) is 4.45. The molecule has 0 spiro atoms. The average Bonchev–Trinajstić information content (AvgIpc) is 2.56. The number of aliphatic imine (C=N–C) groups is 1. The van der Waals surface area contributed by atoms with E-state index < -0.39 is 10.0 Å². The summed E-state index contributed by atoms with van der Waals surface area (Å²) in [5, 5.41) is 6.46. The molecule has 6 nitrogen and oxygen atoms in total. The molecule has 142 valence electrons. The Morgan fingerprint density at radius 1 is 1.16 bits per heavy atom. The van der Waals surface area contributed by atoms with Crippen molar-refractivity contribution < 1.29 is 8.42 Å². The fourth-order valence-electron chi connectivity index (χ4n) is 2.20. The van der Waals surface area contributed by atoms with Crippen LogP contribution in [0, 0.1) is 5.41 Å². The van der Waals surface area contributed by atoms with Gasteiger partial charge in [-0.05, 0) is 37.3 Å². The molecule has 0 fully saturated rings. The van der Waals surface area contributed by atoms with Gasteiger partial charge in [0.05, 0.1) is 4.90 Å². The lowest BCUT2D eigenvalue weighted by molar-refractivity contribution is 0.346. The van der Waals surface area contributed by atoms with Crippen LogP contribution in [0.15, 0.2) is 40.2 Å². The molecule has 1 aromatic carbocycles. The van der Waals surface area contributed by atoms with Crippen molar-refractivity contribution in [2.45, 2.75) is 51.5 Å². The van der Waals surface area contributed by atoms with Gasteiger partial charge in [0.1, 0.15) is 0 Å². The van der Waals surface area contributed by atoms with Crippen molar-refractivity contribution in [3.63, 3.8) is 0 Å². The first-order valence-electron chi connectivity index (χ1n) is 8.66. The van der Waals surface area contributed by atoms with Crippen LogP contribution in [0.1, 0.15) is 40.5 Å². The summed E-state index contributed by atoms with van der Waals surface area (Å²) in [6, 6.07) is 8.65. The standard InChI is InChI=1S/C18H32N4O2S/c1-15(11-12-18(2,3)4)22-17(19-5)20-13-14-21-25(23,24)16-9-7-6-8-10-16/h6-10,15,21H,11-14H2,1-5H3,(H2,19,20,22). The highest BCUT2D eigenvalue weighted by atomic mass is 32.2. The molecule has 7 heteroatoms. The minimum atomic E-state index is -3.46. The van der Waals surface area contributed by atoms with Crippen molar-refractivity contribution in [3.05, 3.63) is 30.3 Å². The SMILES string of the molecule is CN=C(NCCNS(=O)(=O)c1ccccc1)NC(C)CCC(C)(C)C. The van der Waals surface area contributed by atoms with E-state index in [2.05, 4.69) is 48.0 Å². The van der Waals surface area contributed by atoms with Crippen LogP contribution in [0.5, 0.6) is 0 Å². The maximum atomic E-state index is 12.1. The van der Waals surface area contributed by atoms with Crippen molar-refractivity contribution in [1.29, 1.82) is 0 Å². The second-order valence-corrected chi connectivity index (χ2v) is 9.12. The zero-order chi connectivity index (χ0) is 18.9. The van der Waals surface area contributed by atoms with Gasteiger partial charge < -0.3 is 10.6 Å². The van der Waals surface area contributed by atoms with Crippen LogP contribution in [0.4, 0.5) is 0 Å². The Kier molecular flexibility index (Phi) is 8.38. The molecule has 0 aromatic heterocycles. The highest BCUT2D eigenvalue weighted by Gasteiger charge is 2.14. The smallest absolute Gasteiger partial charge is 0.240 e.